The van der Waals surface area contributed by atoms with Crippen LogP contribution in [-0.2, 0) is 10.0 Å². The largest absolute Gasteiger partial charge is 0.385 e. The molecule has 1 aromatic carbocycles. The summed E-state index contributed by atoms with van der Waals surface area (Å²) in [5.74, 6) is 1.48. The fourth-order valence-electron chi connectivity index (χ4n) is 2.71. The van der Waals surface area contributed by atoms with Crippen molar-refractivity contribution < 1.29 is 8.42 Å². The Morgan fingerprint density at radius 3 is 2.42 bits per heavy atom. The predicted molar refractivity (Wildman–Crippen MR) is 77.4 cm³/mol. The van der Waals surface area contributed by atoms with E-state index in [1.54, 1.807) is 24.3 Å². The van der Waals surface area contributed by atoms with Gasteiger partial charge >= 0.3 is 0 Å². The van der Waals surface area contributed by atoms with E-state index in [1.165, 1.54) is 25.7 Å². The van der Waals surface area contributed by atoms with Gasteiger partial charge in [-0.3, -0.25) is 0 Å². The van der Waals surface area contributed by atoms with Crippen LogP contribution in [0.5, 0.6) is 0 Å². The van der Waals surface area contributed by atoms with E-state index >= 15 is 0 Å². The van der Waals surface area contributed by atoms with Crippen molar-refractivity contribution in [2.24, 2.45) is 17.0 Å². The molecule has 1 saturated carbocycles. The van der Waals surface area contributed by atoms with Gasteiger partial charge in [0.1, 0.15) is 0 Å². The number of benzene rings is 1. The molecule has 0 heterocycles. The summed E-state index contributed by atoms with van der Waals surface area (Å²) >= 11 is 0. The molecule has 2 atom stereocenters. The zero-order valence-electron chi connectivity index (χ0n) is 11.3. The standard InChI is InChI=1S/C14H22N2O2S/c1-11-4-2-3-5-12(11)10-16-13-6-8-14(9-7-13)19(15,17)18/h6-9,11-12,16H,2-5,10H2,1H3,(H2,15,17,18). The first-order chi connectivity index (χ1) is 8.97. The first kappa shape index (κ1) is 14.3. The fourth-order valence-corrected chi connectivity index (χ4v) is 3.22. The monoisotopic (exact) mass is 282 g/mol. The van der Waals surface area contributed by atoms with Gasteiger partial charge in [-0.05, 0) is 42.5 Å². The van der Waals surface area contributed by atoms with Gasteiger partial charge in [-0.25, -0.2) is 13.6 Å². The third-order valence-corrected chi connectivity index (χ3v) is 4.97. The van der Waals surface area contributed by atoms with Crippen molar-refractivity contribution in [3.05, 3.63) is 24.3 Å². The summed E-state index contributed by atoms with van der Waals surface area (Å²) in [6.07, 6.45) is 5.27. The lowest BCUT2D eigenvalue weighted by Crippen LogP contribution is -2.24. The molecule has 0 aromatic heterocycles. The highest BCUT2D eigenvalue weighted by atomic mass is 32.2. The molecule has 1 aliphatic rings. The highest BCUT2D eigenvalue weighted by Crippen LogP contribution is 2.29. The Morgan fingerprint density at radius 1 is 1.21 bits per heavy atom. The van der Waals surface area contributed by atoms with Gasteiger partial charge in [0.25, 0.3) is 0 Å². The van der Waals surface area contributed by atoms with Gasteiger partial charge < -0.3 is 5.32 Å². The lowest BCUT2D eigenvalue weighted by atomic mass is 9.80. The number of hydrogen-bond donors (Lipinski definition) is 2. The molecular weight excluding hydrogens is 260 g/mol. The summed E-state index contributed by atoms with van der Waals surface area (Å²) in [7, 11) is -3.59. The Kier molecular flexibility index (Phi) is 4.47. The number of anilines is 1. The van der Waals surface area contributed by atoms with Crippen molar-refractivity contribution in [2.45, 2.75) is 37.5 Å². The van der Waals surface area contributed by atoms with Gasteiger partial charge in [-0.1, -0.05) is 26.2 Å². The summed E-state index contributed by atoms with van der Waals surface area (Å²) in [6, 6.07) is 6.63. The zero-order chi connectivity index (χ0) is 13.9. The average molecular weight is 282 g/mol. The molecule has 1 aromatic rings. The van der Waals surface area contributed by atoms with E-state index < -0.39 is 10.0 Å². The van der Waals surface area contributed by atoms with E-state index in [1.807, 2.05) is 0 Å². The van der Waals surface area contributed by atoms with Gasteiger partial charge in [0.2, 0.25) is 10.0 Å². The summed E-state index contributed by atoms with van der Waals surface area (Å²) in [4.78, 5) is 0.157. The van der Waals surface area contributed by atoms with E-state index in [4.69, 9.17) is 5.14 Å². The summed E-state index contributed by atoms with van der Waals surface area (Å²) < 4.78 is 22.3. The molecule has 5 heteroatoms. The topological polar surface area (TPSA) is 72.2 Å². The van der Waals surface area contributed by atoms with Crippen molar-refractivity contribution in [1.82, 2.24) is 0 Å². The molecule has 19 heavy (non-hydrogen) atoms. The van der Waals surface area contributed by atoms with E-state index in [0.29, 0.717) is 5.92 Å². The van der Waals surface area contributed by atoms with Crippen LogP contribution in [0.15, 0.2) is 29.2 Å². The van der Waals surface area contributed by atoms with Crippen molar-refractivity contribution in [3.8, 4) is 0 Å². The van der Waals surface area contributed by atoms with Crippen LogP contribution in [-0.4, -0.2) is 15.0 Å². The van der Waals surface area contributed by atoms with Crippen LogP contribution in [0, 0.1) is 11.8 Å². The quantitative estimate of drug-likeness (QED) is 0.891. The minimum absolute atomic E-state index is 0.157. The summed E-state index contributed by atoms with van der Waals surface area (Å²) in [6.45, 7) is 3.27. The molecule has 0 aliphatic heterocycles. The lowest BCUT2D eigenvalue weighted by molar-refractivity contribution is 0.268. The Hall–Kier alpha value is -1.07. The molecule has 106 valence electrons. The number of hydrogen-bond acceptors (Lipinski definition) is 3. The average Bonchev–Trinajstić information content (AvgIpc) is 2.37. The summed E-state index contributed by atoms with van der Waals surface area (Å²) in [5, 5.41) is 8.46. The molecule has 0 amide bonds. The van der Waals surface area contributed by atoms with E-state index in [0.717, 1.165) is 18.2 Å². The molecule has 4 nitrogen and oxygen atoms in total. The molecule has 0 saturated heterocycles. The molecule has 0 spiro atoms. The van der Waals surface area contributed by atoms with Crippen LogP contribution in [0.3, 0.4) is 0 Å². The van der Waals surface area contributed by atoms with E-state index in [9.17, 15) is 8.42 Å². The van der Waals surface area contributed by atoms with E-state index in [2.05, 4.69) is 12.2 Å². The molecule has 0 bridgehead atoms. The minimum Gasteiger partial charge on any atom is -0.385 e. The van der Waals surface area contributed by atoms with Crippen molar-refractivity contribution in [1.29, 1.82) is 0 Å². The predicted octanol–water partition coefficient (Wildman–Crippen LogP) is 2.57. The number of sulfonamides is 1. The second kappa shape index (κ2) is 5.92. The van der Waals surface area contributed by atoms with Crippen LogP contribution >= 0.6 is 0 Å². The highest BCUT2D eigenvalue weighted by Gasteiger charge is 2.20. The van der Waals surface area contributed by atoms with Crippen LogP contribution in [0.4, 0.5) is 5.69 Å². The maximum atomic E-state index is 11.1. The third kappa shape index (κ3) is 3.94. The van der Waals surface area contributed by atoms with Gasteiger partial charge in [0.15, 0.2) is 0 Å². The zero-order valence-corrected chi connectivity index (χ0v) is 12.1. The molecule has 2 unspecified atom stereocenters. The third-order valence-electron chi connectivity index (χ3n) is 4.04. The molecular formula is C14H22N2O2S. The normalized spacial score (nSPS) is 24.1. The Morgan fingerprint density at radius 2 is 1.84 bits per heavy atom. The van der Waals surface area contributed by atoms with Gasteiger partial charge in [0, 0.05) is 12.2 Å². The Balaban J connectivity index is 1.93. The second-order valence-corrected chi connectivity index (χ2v) is 7.03. The summed E-state index contributed by atoms with van der Waals surface area (Å²) in [5.41, 5.74) is 0.949. The number of primary sulfonamides is 1. The maximum absolute atomic E-state index is 11.1. The van der Waals surface area contributed by atoms with Crippen LogP contribution in [0.2, 0.25) is 0 Å². The van der Waals surface area contributed by atoms with Crippen LogP contribution in [0.25, 0.3) is 0 Å². The molecule has 1 aliphatic carbocycles. The molecule has 3 N–H and O–H groups in total. The fraction of sp³-hybridized carbons (Fsp3) is 0.571. The number of rotatable bonds is 4. The number of nitrogens with two attached hydrogens (primary N) is 1. The van der Waals surface area contributed by atoms with E-state index in [-0.39, 0.29) is 4.90 Å². The second-order valence-electron chi connectivity index (χ2n) is 5.47. The minimum atomic E-state index is -3.59. The first-order valence-electron chi connectivity index (χ1n) is 6.83. The first-order valence-corrected chi connectivity index (χ1v) is 8.38. The van der Waals surface area contributed by atoms with Crippen molar-refractivity contribution >= 4 is 15.7 Å². The van der Waals surface area contributed by atoms with Gasteiger partial charge in [0.05, 0.1) is 4.90 Å². The Bertz CT molecular complexity index is 511. The van der Waals surface area contributed by atoms with Crippen LogP contribution in [0.1, 0.15) is 32.6 Å². The SMILES string of the molecule is CC1CCCCC1CNc1ccc(S(N)(=O)=O)cc1. The molecule has 1 fully saturated rings. The van der Waals surface area contributed by atoms with Crippen molar-refractivity contribution in [2.75, 3.05) is 11.9 Å². The molecule has 2 rings (SSSR count). The van der Waals surface area contributed by atoms with Crippen molar-refractivity contribution in [3.63, 3.8) is 0 Å². The van der Waals surface area contributed by atoms with Gasteiger partial charge in [-0.2, -0.15) is 0 Å². The highest BCUT2D eigenvalue weighted by molar-refractivity contribution is 7.89. The maximum Gasteiger partial charge on any atom is 0.238 e. The van der Waals surface area contributed by atoms with Crippen LogP contribution < -0.4 is 10.5 Å². The van der Waals surface area contributed by atoms with Gasteiger partial charge in [-0.15, -0.1) is 0 Å². The molecule has 0 radical (unpaired) electrons. The smallest absolute Gasteiger partial charge is 0.238 e. The lowest BCUT2D eigenvalue weighted by Gasteiger charge is -2.29. The Labute approximate surface area is 115 Å². The number of nitrogens with one attached hydrogen (secondary N) is 1.